The Bertz CT molecular complexity index is 970. The quantitative estimate of drug-likeness (QED) is 0.453. The normalized spacial score (nSPS) is 10.4. The van der Waals surface area contributed by atoms with Crippen molar-refractivity contribution in [2.24, 2.45) is 5.92 Å². The Hall–Kier alpha value is -3.88. The van der Waals surface area contributed by atoms with Gasteiger partial charge in [0.25, 0.3) is 5.91 Å². The van der Waals surface area contributed by atoms with Gasteiger partial charge in [0.2, 0.25) is 5.91 Å². The van der Waals surface area contributed by atoms with Crippen molar-refractivity contribution in [3.63, 3.8) is 0 Å². The van der Waals surface area contributed by atoms with E-state index in [0.717, 1.165) is 0 Å². The summed E-state index contributed by atoms with van der Waals surface area (Å²) in [5.74, 6) is -0.818. The van der Waals surface area contributed by atoms with Gasteiger partial charge in [-0.25, -0.2) is 4.79 Å². The van der Waals surface area contributed by atoms with Gasteiger partial charge in [0.05, 0.1) is 19.3 Å². The molecular weight excluding hydrogens is 440 g/mol. The molecule has 0 aliphatic rings. The maximum Gasteiger partial charge on any atom is 0.338 e. The molecule has 0 saturated heterocycles. The molecule has 0 aromatic heterocycles. The predicted molar refractivity (Wildman–Crippen MR) is 127 cm³/mol. The van der Waals surface area contributed by atoms with Crippen LogP contribution in [0.4, 0.5) is 11.4 Å². The van der Waals surface area contributed by atoms with Crippen LogP contribution in [0.3, 0.4) is 0 Å². The molecule has 0 aliphatic carbocycles. The molecule has 0 bridgehead atoms. The van der Waals surface area contributed by atoms with Gasteiger partial charge >= 0.3 is 11.9 Å². The second-order valence-electron chi connectivity index (χ2n) is 7.91. The summed E-state index contributed by atoms with van der Waals surface area (Å²) in [6.45, 7) is 3.83. The van der Waals surface area contributed by atoms with Crippen molar-refractivity contribution >= 4 is 35.1 Å². The third-order valence-corrected chi connectivity index (χ3v) is 4.47. The summed E-state index contributed by atoms with van der Waals surface area (Å²) in [6, 6.07) is 13.1. The van der Waals surface area contributed by atoms with Gasteiger partial charge < -0.3 is 24.8 Å². The Morgan fingerprint density at radius 1 is 0.794 bits per heavy atom. The molecule has 9 heteroatoms. The zero-order valence-electron chi connectivity index (χ0n) is 19.6. The lowest BCUT2D eigenvalue weighted by atomic mass is 10.2. The molecule has 0 heterocycles. The molecule has 2 rings (SSSR count). The fourth-order valence-corrected chi connectivity index (χ4v) is 2.72. The number of hydrogen-bond donors (Lipinski definition) is 2. The first-order valence-corrected chi connectivity index (χ1v) is 10.9. The first-order valence-electron chi connectivity index (χ1n) is 10.9. The van der Waals surface area contributed by atoms with Crippen LogP contribution in [0.5, 0.6) is 5.75 Å². The summed E-state index contributed by atoms with van der Waals surface area (Å²) in [5, 5.41) is 5.31. The molecule has 0 fully saturated rings. The molecule has 0 aliphatic heterocycles. The number of benzene rings is 2. The number of anilines is 2. The van der Waals surface area contributed by atoms with E-state index in [1.165, 1.54) is 0 Å². The molecule has 0 spiro atoms. The van der Waals surface area contributed by atoms with Crippen molar-refractivity contribution in [3.8, 4) is 5.75 Å². The van der Waals surface area contributed by atoms with Gasteiger partial charge in [0.15, 0.2) is 6.61 Å². The van der Waals surface area contributed by atoms with Crippen molar-refractivity contribution in [2.45, 2.75) is 33.1 Å². The van der Waals surface area contributed by atoms with Gasteiger partial charge in [0.1, 0.15) is 5.75 Å². The summed E-state index contributed by atoms with van der Waals surface area (Å²) in [5.41, 5.74) is 1.49. The molecule has 34 heavy (non-hydrogen) atoms. The van der Waals surface area contributed by atoms with Crippen LogP contribution in [0.15, 0.2) is 48.5 Å². The van der Waals surface area contributed by atoms with Crippen molar-refractivity contribution in [3.05, 3.63) is 54.1 Å². The number of esters is 2. The van der Waals surface area contributed by atoms with Crippen molar-refractivity contribution in [1.82, 2.24) is 0 Å². The highest BCUT2D eigenvalue weighted by atomic mass is 16.5. The van der Waals surface area contributed by atoms with Crippen molar-refractivity contribution in [1.29, 1.82) is 0 Å². The molecule has 2 N–H and O–H groups in total. The number of ether oxygens (including phenoxy) is 3. The number of carbonyl (C=O) groups is 4. The van der Waals surface area contributed by atoms with Crippen molar-refractivity contribution in [2.75, 3.05) is 31.0 Å². The van der Waals surface area contributed by atoms with E-state index in [4.69, 9.17) is 14.2 Å². The SMILES string of the molecule is COc1ccc(NC(=O)COC(=O)CCCC(=O)Nc2ccc(C(=O)OCC(C)C)cc2)cc1. The van der Waals surface area contributed by atoms with E-state index in [1.54, 1.807) is 55.6 Å². The second-order valence-corrected chi connectivity index (χ2v) is 7.91. The molecule has 0 atom stereocenters. The minimum atomic E-state index is -0.568. The molecule has 0 unspecified atom stereocenters. The van der Waals surface area contributed by atoms with E-state index < -0.39 is 24.5 Å². The number of hydrogen-bond acceptors (Lipinski definition) is 7. The van der Waals surface area contributed by atoms with Crippen LogP contribution >= 0.6 is 0 Å². The van der Waals surface area contributed by atoms with E-state index in [2.05, 4.69) is 10.6 Å². The standard InChI is InChI=1S/C25H30N2O7/c1-17(2)15-34-25(31)18-7-9-19(10-8-18)26-22(28)5-4-6-24(30)33-16-23(29)27-20-11-13-21(32-3)14-12-20/h7-14,17H,4-6,15-16H2,1-3H3,(H,26,28)(H,27,29). The van der Waals surface area contributed by atoms with Crippen LogP contribution in [-0.4, -0.2) is 44.1 Å². The van der Waals surface area contributed by atoms with Crippen LogP contribution in [0.2, 0.25) is 0 Å². The Morgan fingerprint density at radius 3 is 1.97 bits per heavy atom. The third kappa shape index (κ3) is 9.72. The van der Waals surface area contributed by atoms with E-state index in [1.807, 2.05) is 13.8 Å². The molecule has 2 amide bonds. The predicted octanol–water partition coefficient (Wildman–Crippen LogP) is 3.80. The van der Waals surface area contributed by atoms with E-state index in [9.17, 15) is 19.2 Å². The smallest absolute Gasteiger partial charge is 0.338 e. The molecule has 0 saturated carbocycles. The maximum absolute atomic E-state index is 12.1. The number of methoxy groups -OCH3 is 1. The lowest BCUT2D eigenvalue weighted by molar-refractivity contribution is -0.147. The maximum atomic E-state index is 12.1. The van der Waals surface area contributed by atoms with Crippen LogP contribution in [0, 0.1) is 5.92 Å². The minimum absolute atomic E-state index is 0.00383. The topological polar surface area (TPSA) is 120 Å². The van der Waals surface area contributed by atoms with Crippen LogP contribution in [0.1, 0.15) is 43.5 Å². The Morgan fingerprint density at radius 2 is 1.38 bits per heavy atom. The summed E-state index contributed by atoms with van der Waals surface area (Å²) in [4.78, 5) is 47.7. The van der Waals surface area contributed by atoms with Crippen LogP contribution in [0.25, 0.3) is 0 Å². The molecule has 2 aromatic rings. The number of carbonyl (C=O) groups excluding carboxylic acids is 4. The van der Waals surface area contributed by atoms with Gasteiger partial charge in [-0.2, -0.15) is 0 Å². The van der Waals surface area contributed by atoms with E-state index in [-0.39, 0.29) is 31.1 Å². The van der Waals surface area contributed by atoms with Crippen LogP contribution < -0.4 is 15.4 Å². The van der Waals surface area contributed by atoms with Gasteiger partial charge in [-0.05, 0) is 60.9 Å². The zero-order valence-corrected chi connectivity index (χ0v) is 19.6. The number of amides is 2. The Labute approximate surface area is 198 Å². The highest BCUT2D eigenvalue weighted by Gasteiger charge is 2.11. The van der Waals surface area contributed by atoms with Gasteiger partial charge in [0, 0.05) is 24.2 Å². The fourth-order valence-electron chi connectivity index (χ4n) is 2.72. The van der Waals surface area contributed by atoms with Crippen LogP contribution in [-0.2, 0) is 23.9 Å². The molecule has 182 valence electrons. The van der Waals surface area contributed by atoms with E-state index in [0.29, 0.717) is 29.3 Å². The Kier molecular flexibility index (Phi) is 10.6. The zero-order chi connectivity index (χ0) is 24.9. The van der Waals surface area contributed by atoms with Gasteiger partial charge in [-0.3, -0.25) is 14.4 Å². The third-order valence-electron chi connectivity index (χ3n) is 4.47. The molecule has 2 aromatic carbocycles. The summed E-state index contributed by atoms with van der Waals surface area (Å²) in [6.07, 6.45) is 0.375. The molecule has 9 nitrogen and oxygen atoms in total. The van der Waals surface area contributed by atoms with Gasteiger partial charge in [-0.15, -0.1) is 0 Å². The summed E-state index contributed by atoms with van der Waals surface area (Å²) < 4.78 is 15.1. The molecular formula is C25H30N2O7. The first kappa shape index (κ1) is 26.4. The molecule has 0 radical (unpaired) electrons. The lowest BCUT2D eigenvalue weighted by Crippen LogP contribution is -2.21. The number of nitrogens with one attached hydrogen (secondary N) is 2. The minimum Gasteiger partial charge on any atom is -0.497 e. The van der Waals surface area contributed by atoms with Crippen molar-refractivity contribution < 1.29 is 33.4 Å². The average molecular weight is 471 g/mol. The first-order chi connectivity index (χ1) is 16.3. The van der Waals surface area contributed by atoms with Gasteiger partial charge in [-0.1, -0.05) is 13.8 Å². The highest BCUT2D eigenvalue weighted by Crippen LogP contribution is 2.15. The largest absolute Gasteiger partial charge is 0.497 e. The highest BCUT2D eigenvalue weighted by molar-refractivity contribution is 5.94. The second kappa shape index (κ2) is 13.6. The monoisotopic (exact) mass is 470 g/mol. The summed E-state index contributed by atoms with van der Waals surface area (Å²) >= 11 is 0. The Balaban J connectivity index is 1.64. The van der Waals surface area contributed by atoms with E-state index >= 15 is 0 Å². The fraction of sp³-hybridized carbons (Fsp3) is 0.360. The summed E-state index contributed by atoms with van der Waals surface area (Å²) in [7, 11) is 1.54. The lowest BCUT2D eigenvalue weighted by Gasteiger charge is -2.09. The number of rotatable bonds is 12. The average Bonchev–Trinajstić information content (AvgIpc) is 2.82.